The number of carbonyl (C=O) groups excluding carboxylic acids is 3. The van der Waals surface area contributed by atoms with Crippen LogP contribution in [0.1, 0.15) is 44.6 Å². The van der Waals surface area contributed by atoms with Gasteiger partial charge in [0.2, 0.25) is 5.91 Å². The van der Waals surface area contributed by atoms with E-state index in [4.69, 9.17) is 0 Å². The standard InChI is InChI=1S/C18H24N4O3/c1-3-13-4-7-18(8-5-13)16(24)22(17(25)21-18)11-15(23)20-14-10-12(2)6-9-19-14/h6,9-10,13H,3-5,7-8,11H2,1-2H3,(H,21,25)(H,19,20,23). The van der Waals surface area contributed by atoms with Crippen LogP contribution in [0.15, 0.2) is 18.3 Å². The molecule has 1 aliphatic carbocycles. The van der Waals surface area contributed by atoms with Gasteiger partial charge in [0.25, 0.3) is 5.91 Å². The third kappa shape index (κ3) is 3.50. The fraction of sp³-hybridized carbons (Fsp3) is 0.556. The first kappa shape index (κ1) is 17.4. The molecule has 1 aromatic heterocycles. The average Bonchev–Trinajstić information content (AvgIpc) is 2.80. The minimum absolute atomic E-state index is 0.278. The van der Waals surface area contributed by atoms with Crippen LogP contribution in [-0.2, 0) is 9.59 Å². The zero-order valence-corrected chi connectivity index (χ0v) is 14.7. The van der Waals surface area contributed by atoms with Crippen molar-refractivity contribution in [3.63, 3.8) is 0 Å². The van der Waals surface area contributed by atoms with E-state index in [9.17, 15) is 14.4 Å². The number of nitrogens with one attached hydrogen (secondary N) is 2. The lowest BCUT2D eigenvalue weighted by Gasteiger charge is -2.34. The summed E-state index contributed by atoms with van der Waals surface area (Å²) in [5.74, 6) is 0.315. The SMILES string of the molecule is CCC1CCC2(CC1)NC(=O)N(CC(=O)Nc1cc(C)ccn1)C2=O. The summed E-state index contributed by atoms with van der Waals surface area (Å²) in [5, 5.41) is 5.47. The van der Waals surface area contributed by atoms with Crippen molar-refractivity contribution in [3.05, 3.63) is 23.9 Å². The summed E-state index contributed by atoms with van der Waals surface area (Å²) in [6.07, 6.45) is 5.83. The van der Waals surface area contributed by atoms with E-state index in [-0.39, 0.29) is 12.5 Å². The van der Waals surface area contributed by atoms with Crippen molar-refractivity contribution in [2.24, 2.45) is 5.92 Å². The molecular formula is C18H24N4O3. The van der Waals surface area contributed by atoms with Crippen LogP contribution in [0.4, 0.5) is 10.6 Å². The second-order valence-electron chi connectivity index (χ2n) is 7.02. The highest BCUT2D eigenvalue weighted by atomic mass is 16.2. The van der Waals surface area contributed by atoms with Crippen LogP contribution in [0.25, 0.3) is 0 Å². The molecule has 2 fully saturated rings. The van der Waals surface area contributed by atoms with Gasteiger partial charge < -0.3 is 10.6 Å². The summed E-state index contributed by atoms with van der Waals surface area (Å²) in [4.78, 5) is 42.3. The summed E-state index contributed by atoms with van der Waals surface area (Å²) in [5.41, 5.74) is 0.150. The van der Waals surface area contributed by atoms with Crippen LogP contribution in [0.3, 0.4) is 0 Å². The Bertz CT molecular complexity index is 695. The van der Waals surface area contributed by atoms with Crippen molar-refractivity contribution in [2.75, 3.05) is 11.9 Å². The Hall–Kier alpha value is -2.44. The monoisotopic (exact) mass is 344 g/mol. The predicted molar refractivity (Wildman–Crippen MR) is 92.8 cm³/mol. The number of imide groups is 1. The Morgan fingerprint density at radius 1 is 1.40 bits per heavy atom. The molecule has 1 aliphatic heterocycles. The third-order valence-electron chi connectivity index (χ3n) is 5.27. The van der Waals surface area contributed by atoms with Gasteiger partial charge in [0.1, 0.15) is 17.9 Å². The zero-order chi connectivity index (χ0) is 18.0. The molecule has 0 radical (unpaired) electrons. The molecule has 4 amide bonds. The number of rotatable bonds is 4. The van der Waals surface area contributed by atoms with Crippen molar-refractivity contribution < 1.29 is 14.4 Å². The smallest absolute Gasteiger partial charge is 0.323 e. The van der Waals surface area contributed by atoms with E-state index in [2.05, 4.69) is 22.5 Å². The summed E-state index contributed by atoms with van der Waals surface area (Å²) < 4.78 is 0. The lowest BCUT2D eigenvalue weighted by molar-refractivity contribution is -0.135. The van der Waals surface area contributed by atoms with Gasteiger partial charge in [-0.1, -0.05) is 13.3 Å². The van der Waals surface area contributed by atoms with Crippen molar-refractivity contribution in [3.8, 4) is 0 Å². The number of urea groups is 1. The third-order valence-corrected chi connectivity index (χ3v) is 5.27. The minimum atomic E-state index is -0.815. The Kier molecular flexibility index (Phi) is 4.74. The molecule has 25 heavy (non-hydrogen) atoms. The first-order valence-electron chi connectivity index (χ1n) is 8.80. The zero-order valence-electron chi connectivity index (χ0n) is 14.7. The van der Waals surface area contributed by atoms with Crippen LogP contribution in [-0.4, -0.2) is 39.8 Å². The maximum Gasteiger partial charge on any atom is 0.325 e. The molecule has 7 nitrogen and oxygen atoms in total. The van der Waals surface area contributed by atoms with E-state index >= 15 is 0 Å². The second-order valence-corrected chi connectivity index (χ2v) is 7.02. The normalized spacial score (nSPS) is 26.0. The van der Waals surface area contributed by atoms with Gasteiger partial charge >= 0.3 is 6.03 Å². The molecule has 2 aliphatic rings. The van der Waals surface area contributed by atoms with E-state index in [1.54, 1.807) is 12.3 Å². The lowest BCUT2D eigenvalue weighted by Crippen LogP contribution is -2.49. The maximum absolute atomic E-state index is 12.8. The van der Waals surface area contributed by atoms with Gasteiger partial charge in [0, 0.05) is 6.20 Å². The number of amides is 4. The van der Waals surface area contributed by atoms with Gasteiger partial charge in [-0.05, 0) is 56.2 Å². The number of hydrogen-bond donors (Lipinski definition) is 2. The average molecular weight is 344 g/mol. The second kappa shape index (κ2) is 6.82. The summed E-state index contributed by atoms with van der Waals surface area (Å²) in [6, 6.07) is 3.08. The molecule has 3 rings (SSSR count). The Morgan fingerprint density at radius 3 is 2.76 bits per heavy atom. The molecule has 1 aromatic rings. The quantitative estimate of drug-likeness (QED) is 0.819. The van der Waals surface area contributed by atoms with Crippen LogP contribution >= 0.6 is 0 Å². The molecule has 134 valence electrons. The van der Waals surface area contributed by atoms with Crippen LogP contribution in [0.2, 0.25) is 0 Å². The summed E-state index contributed by atoms with van der Waals surface area (Å²) in [7, 11) is 0. The van der Waals surface area contributed by atoms with Crippen molar-refractivity contribution in [2.45, 2.75) is 51.5 Å². The molecule has 1 saturated carbocycles. The van der Waals surface area contributed by atoms with E-state index in [0.717, 1.165) is 29.7 Å². The molecular weight excluding hydrogens is 320 g/mol. The first-order chi connectivity index (χ1) is 11.9. The maximum atomic E-state index is 12.8. The number of hydrogen-bond acceptors (Lipinski definition) is 4. The van der Waals surface area contributed by atoms with Crippen LogP contribution in [0, 0.1) is 12.8 Å². The lowest BCUT2D eigenvalue weighted by atomic mass is 9.75. The molecule has 1 saturated heterocycles. The van der Waals surface area contributed by atoms with E-state index in [1.165, 1.54) is 0 Å². The number of aromatic nitrogens is 1. The molecule has 7 heteroatoms. The summed E-state index contributed by atoms with van der Waals surface area (Å²) in [6.45, 7) is 3.75. The molecule has 0 atom stereocenters. The number of nitrogens with zero attached hydrogens (tertiary/aromatic N) is 2. The highest BCUT2D eigenvalue weighted by Gasteiger charge is 2.52. The topological polar surface area (TPSA) is 91.4 Å². The van der Waals surface area contributed by atoms with Gasteiger partial charge in [-0.3, -0.25) is 14.5 Å². The number of carbonyl (C=O) groups is 3. The highest BCUT2D eigenvalue weighted by Crippen LogP contribution is 2.37. The van der Waals surface area contributed by atoms with Crippen molar-refractivity contribution in [1.82, 2.24) is 15.2 Å². The molecule has 0 unspecified atom stereocenters. The first-order valence-corrected chi connectivity index (χ1v) is 8.80. The highest BCUT2D eigenvalue weighted by molar-refractivity contribution is 6.10. The van der Waals surface area contributed by atoms with Crippen LogP contribution in [0.5, 0.6) is 0 Å². The van der Waals surface area contributed by atoms with Gasteiger partial charge in [0.05, 0.1) is 0 Å². The molecule has 1 spiro atoms. The number of aryl methyl sites for hydroxylation is 1. The van der Waals surface area contributed by atoms with Gasteiger partial charge in [-0.25, -0.2) is 9.78 Å². The number of anilines is 1. The molecule has 0 aromatic carbocycles. The predicted octanol–water partition coefficient (Wildman–Crippen LogP) is 2.22. The molecule has 2 heterocycles. The van der Waals surface area contributed by atoms with Gasteiger partial charge in [-0.2, -0.15) is 0 Å². The fourth-order valence-corrected chi connectivity index (χ4v) is 3.67. The summed E-state index contributed by atoms with van der Waals surface area (Å²) >= 11 is 0. The van der Waals surface area contributed by atoms with E-state index < -0.39 is 17.5 Å². The van der Waals surface area contributed by atoms with Crippen LogP contribution < -0.4 is 10.6 Å². The van der Waals surface area contributed by atoms with E-state index in [1.807, 2.05) is 13.0 Å². The minimum Gasteiger partial charge on any atom is -0.323 e. The van der Waals surface area contributed by atoms with E-state index in [0.29, 0.717) is 24.6 Å². The molecule has 2 N–H and O–H groups in total. The Labute approximate surface area is 147 Å². The Balaban J connectivity index is 1.64. The largest absolute Gasteiger partial charge is 0.325 e. The Morgan fingerprint density at radius 2 is 2.12 bits per heavy atom. The number of pyridine rings is 1. The van der Waals surface area contributed by atoms with Crippen molar-refractivity contribution in [1.29, 1.82) is 0 Å². The van der Waals surface area contributed by atoms with Gasteiger partial charge in [-0.15, -0.1) is 0 Å². The molecule has 0 bridgehead atoms. The van der Waals surface area contributed by atoms with Crippen molar-refractivity contribution >= 4 is 23.7 Å². The fourth-order valence-electron chi connectivity index (χ4n) is 3.67. The van der Waals surface area contributed by atoms with Gasteiger partial charge in [0.15, 0.2) is 0 Å².